The molecule has 25 heavy (non-hydrogen) atoms. The molecule has 8 nitrogen and oxygen atoms in total. The summed E-state index contributed by atoms with van der Waals surface area (Å²) in [5.74, 6) is -2.05. The number of carbonyl (C=O) groups excluding carboxylic acids is 2. The van der Waals surface area contributed by atoms with Crippen molar-refractivity contribution in [1.82, 2.24) is 10.0 Å². The molecule has 1 unspecified atom stereocenters. The van der Waals surface area contributed by atoms with E-state index in [4.69, 9.17) is 9.57 Å². The highest BCUT2D eigenvalue weighted by Gasteiger charge is 2.28. The van der Waals surface area contributed by atoms with E-state index in [1.165, 1.54) is 0 Å². The van der Waals surface area contributed by atoms with E-state index >= 15 is 0 Å². The fourth-order valence-corrected chi connectivity index (χ4v) is 2.03. The van der Waals surface area contributed by atoms with Crippen LogP contribution >= 0.6 is 0 Å². The normalized spacial score (nSPS) is 11.8. The third-order valence-corrected chi connectivity index (χ3v) is 3.39. The van der Waals surface area contributed by atoms with Crippen LogP contribution in [-0.2, 0) is 16.1 Å². The number of amides is 1. The summed E-state index contributed by atoms with van der Waals surface area (Å²) in [4.78, 5) is 29.1. The van der Waals surface area contributed by atoms with Crippen LogP contribution in [0.15, 0.2) is 42.5 Å². The van der Waals surface area contributed by atoms with Crippen LogP contribution in [0.1, 0.15) is 19.4 Å². The number of rotatable bonds is 6. The number of hydrogen-bond donors (Lipinski definition) is 3. The zero-order chi connectivity index (χ0) is 18.4. The molecule has 0 saturated carbocycles. The number of aromatic hydroxyl groups is 2. The minimum Gasteiger partial charge on any atom is -0.492 e. The summed E-state index contributed by atoms with van der Waals surface area (Å²) in [6.45, 7) is 3.48. The standard InChI is InChI=1S/C17H20N2O6/c1-11(2)15(16(22)25-19-13(20)8-9-14(19)21)18-17(23)24-10-12-6-4-3-5-7-12/h3-9,11,15,20-21H,10H2,1-2H3,(H,18,23). The number of nitrogens with zero attached hydrogens (tertiary/aromatic N) is 1. The van der Waals surface area contributed by atoms with Crippen molar-refractivity contribution >= 4 is 12.1 Å². The number of hydrogen-bond acceptors (Lipinski definition) is 6. The van der Waals surface area contributed by atoms with E-state index in [-0.39, 0.29) is 12.5 Å². The second-order valence-corrected chi connectivity index (χ2v) is 5.68. The smallest absolute Gasteiger partial charge is 0.408 e. The van der Waals surface area contributed by atoms with Crippen molar-refractivity contribution in [1.29, 1.82) is 0 Å². The van der Waals surface area contributed by atoms with Crippen LogP contribution in [0.4, 0.5) is 4.79 Å². The van der Waals surface area contributed by atoms with Crippen molar-refractivity contribution in [3.63, 3.8) is 0 Å². The van der Waals surface area contributed by atoms with Crippen molar-refractivity contribution in [3.8, 4) is 11.8 Å². The van der Waals surface area contributed by atoms with Crippen LogP contribution in [0.25, 0.3) is 0 Å². The average molecular weight is 348 g/mol. The van der Waals surface area contributed by atoms with Gasteiger partial charge >= 0.3 is 12.1 Å². The molecule has 1 heterocycles. The first kappa shape index (κ1) is 18.2. The van der Waals surface area contributed by atoms with E-state index in [1.54, 1.807) is 26.0 Å². The molecule has 1 aromatic carbocycles. The summed E-state index contributed by atoms with van der Waals surface area (Å²) in [5.41, 5.74) is 0.809. The summed E-state index contributed by atoms with van der Waals surface area (Å²) in [6, 6.07) is 10.4. The largest absolute Gasteiger partial charge is 0.492 e. The predicted molar refractivity (Wildman–Crippen MR) is 87.7 cm³/mol. The van der Waals surface area contributed by atoms with Gasteiger partial charge < -0.3 is 25.1 Å². The van der Waals surface area contributed by atoms with Gasteiger partial charge in [-0.1, -0.05) is 44.2 Å². The molecule has 2 rings (SSSR count). The van der Waals surface area contributed by atoms with E-state index in [0.717, 1.165) is 17.7 Å². The zero-order valence-electron chi connectivity index (χ0n) is 13.9. The van der Waals surface area contributed by atoms with Crippen molar-refractivity contribution in [2.75, 3.05) is 0 Å². The van der Waals surface area contributed by atoms with Gasteiger partial charge in [-0.25, -0.2) is 9.59 Å². The van der Waals surface area contributed by atoms with Crippen molar-refractivity contribution in [2.45, 2.75) is 26.5 Å². The van der Waals surface area contributed by atoms with Gasteiger partial charge in [0.1, 0.15) is 12.6 Å². The monoisotopic (exact) mass is 348 g/mol. The maximum atomic E-state index is 12.2. The van der Waals surface area contributed by atoms with Crippen LogP contribution in [0.5, 0.6) is 11.8 Å². The summed E-state index contributed by atoms with van der Waals surface area (Å²) in [5, 5.41) is 21.4. The number of carbonyl (C=O) groups is 2. The molecule has 134 valence electrons. The first-order valence-corrected chi connectivity index (χ1v) is 7.67. The molecule has 3 N–H and O–H groups in total. The van der Waals surface area contributed by atoms with E-state index in [0.29, 0.717) is 4.73 Å². The number of aromatic nitrogens is 1. The molecule has 2 aromatic rings. The Labute approximate surface area is 144 Å². The molecule has 8 heteroatoms. The van der Waals surface area contributed by atoms with E-state index < -0.39 is 29.9 Å². The van der Waals surface area contributed by atoms with Gasteiger partial charge in [-0.15, -0.1) is 4.73 Å². The molecule has 0 fully saturated rings. The van der Waals surface area contributed by atoms with Crippen LogP contribution in [-0.4, -0.2) is 33.0 Å². The minimum absolute atomic E-state index is 0.0612. The highest BCUT2D eigenvalue weighted by molar-refractivity contribution is 5.81. The van der Waals surface area contributed by atoms with Crippen LogP contribution in [0.2, 0.25) is 0 Å². The van der Waals surface area contributed by atoms with Gasteiger partial charge in [0, 0.05) is 12.1 Å². The van der Waals surface area contributed by atoms with Crippen LogP contribution in [0, 0.1) is 5.92 Å². The minimum atomic E-state index is -1.02. The molecule has 0 aliphatic rings. The second-order valence-electron chi connectivity index (χ2n) is 5.68. The van der Waals surface area contributed by atoms with Gasteiger partial charge in [-0.2, -0.15) is 0 Å². The summed E-state index contributed by atoms with van der Waals surface area (Å²) < 4.78 is 5.64. The third kappa shape index (κ3) is 4.90. The molecule has 0 aliphatic carbocycles. The van der Waals surface area contributed by atoms with Gasteiger partial charge in [-0.3, -0.25) is 0 Å². The Kier molecular flexibility index (Phi) is 5.89. The molecule has 1 atom stereocenters. The van der Waals surface area contributed by atoms with Crippen molar-refractivity contribution in [2.24, 2.45) is 5.92 Å². The first-order chi connectivity index (χ1) is 11.9. The van der Waals surface area contributed by atoms with Crippen molar-refractivity contribution < 1.29 is 29.4 Å². The molecule has 0 radical (unpaired) electrons. The van der Waals surface area contributed by atoms with Crippen LogP contribution in [0.3, 0.4) is 0 Å². The lowest BCUT2D eigenvalue weighted by Gasteiger charge is -2.20. The summed E-state index contributed by atoms with van der Waals surface area (Å²) >= 11 is 0. The fraction of sp³-hybridized carbons (Fsp3) is 0.294. The molecule has 1 amide bonds. The maximum Gasteiger partial charge on any atom is 0.408 e. The summed E-state index contributed by atoms with van der Waals surface area (Å²) in [6.07, 6.45) is -0.777. The molecular weight excluding hydrogens is 328 g/mol. The van der Waals surface area contributed by atoms with Gasteiger partial charge in [0.05, 0.1) is 0 Å². The van der Waals surface area contributed by atoms with Gasteiger partial charge in [0.25, 0.3) is 0 Å². The van der Waals surface area contributed by atoms with Gasteiger partial charge in [-0.05, 0) is 11.5 Å². The first-order valence-electron chi connectivity index (χ1n) is 7.67. The second kappa shape index (κ2) is 8.09. The Morgan fingerprint density at radius 1 is 1.08 bits per heavy atom. The zero-order valence-corrected chi connectivity index (χ0v) is 13.9. The van der Waals surface area contributed by atoms with Crippen molar-refractivity contribution in [3.05, 3.63) is 48.0 Å². The Morgan fingerprint density at radius 2 is 1.68 bits per heavy atom. The third-order valence-electron chi connectivity index (χ3n) is 3.39. The Bertz CT molecular complexity index is 706. The molecule has 0 aliphatic heterocycles. The lowest BCUT2D eigenvalue weighted by atomic mass is 10.1. The Hall–Kier alpha value is -3.16. The predicted octanol–water partition coefficient (Wildman–Crippen LogP) is 1.81. The lowest BCUT2D eigenvalue weighted by molar-refractivity contribution is -0.149. The number of benzene rings is 1. The maximum absolute atomic E-state index is 12.2. The molecule has 0 bridgehead atoms. The topological polar surface area (TPSA) is 110 Å². The molecular formula is C17H20N2O6. The molecule has 0 spiro atoms. The lowest BCUT2D eigenvalue weighted by Crippen LogP contribution is -2.48. The summed E-state index contributed by atoms with van der Waals surface area (Å²) in [7, 11) is 0. The fourth-order valence-electron chi connectivity index (χ4n) is 2.03. The highest BCUT2D eigenvalue weighted by atomic mass is 16.7. The number of nitrogens with one attached hydrogen (secondary N) is 1. The average Bonchev–Trinajstić information content (AvgIpc) is 2.90. The van der Waals surface area contributed by atoms with E-state index in [2.05, 4.69) is 5.32 Å². The van der Waals surface area contributed by atoms with E-state index in [1.807, 2.05) is 18.2 Å². The Balaban J connectivity index is 1.95. The highest BCUT2D eigenvalue weighted by Crippen LogP contribution is 2.19. The van der Waals surface area contributed by atoms with Crippen LogP contribution < -0.4 is 10.2 Å². The number of ether oxygens (including phenoxy) is 1. The SMILES string of the molecule is CC(C)C(NC(=O)OCc1ccccc1)C(=O)On1c(O)ccc1O. The quantitative estimate of drug-likeness (QED) is 0.734. The molecule has 0 saturated heterocycles. The number of alkyl carbamates (subject to hydrolysis) is 1. The molecule has 1 aromatic heterocycles. The van der Waals surface area contributed by atoms with E-state index in [9.17, 15) is 19.8 Å². The Morgan fingerprint density at radius 3 is 2.24 bits per heavy atom. The van der Waals surface area contributed by atoms with Gasteiger partial charge in [0.15, 0.2) is 0 Å². The van der Waals surface area contributed by atoms with Gasteiger partial charge in [0.2, 0.25) is 11.8 Å².